The molecule has 0 radical (unpaired) electrons. The zero-order valence-corrected chi connectivity index (χ0v) is 27.8. The van der Waals surface area contributed by atoms with Crippen LogP contribution in [0.2, 0.25) is 10.0 Å². The number of amides is 2. The van der Waals surface area contributed by atoms with E-state index in [1.165, 1.54) is 18.2 Å². The number of rotatable bonds is 15. The molecule has 47 heavy (non-hydrogen) atoms. The minimum atomic E-state index is -1.21. The maximum Gasteiger partial charge on any atom is 0.319 e. The number of ether oxygens (including phenoxy) is 1. The number of nitrogens with zero attached hydrogens (tertiary/aromatic N) is 4. The number of aliphatic hydroxyl groups is 2. The van der Waals surface area contributed by atoms with Gasteiger partial charge in [0.1, 0.15) is 24.1 Å². The van der Waals surface area contributed by atoms with Crippen molar-refractivity contribution in [1.29, 1.82) is 0 Å². The fourth-order valence-electron chi connectivity index (χ4n) is 5.88. The third-order valence-electron chi connectivity index (χ3n) is 8.35. The molecule has 4 aromatic rings. The molecule has 1 unspecified atom stereocenters. The van der Waals surface area contributed by atoms with Crippen LogP contribution in [0.25, 0.3) is 11.2 Å². The van der Waals surface area contributed by atoms with Gasteiger partial charge in [-0.15, -0.1) is 0 Å². The number of aryl methyl sites for hydroxylation is 1. The summed E-state index contributed by atoms with van der Waals surface area (Å²) in [5.74, 6) is 0.251. The Labute approximate surface area is 284 Å². The van der Waals surface area contributed by atoms with Gasteiger partial charge in [-0.25, -0.2) is 19.7 Å². The Morgan fingerprint density at radius 3 is 2.55 bits per heavy atom. The lowest BCUT2D eigenvalue weighted by atomic mass is 9.93. The number of hydrogen-bond acceptors (Lipinski definition) is 9. The molecule has 1 fully saturated rings. The topological polar surface area (TPSA) is 172 Å². The second-order valence-corrected chi connectivity index (χ2v) is 12.8. The Morgan fingerprint density at radius 1 is 1.04 bits per heavy atom. The van der Waals surface area contributed by atoms with Crippen LogP contribution in [0.15, 0.2) is 55.1 Å². The van der Waals surface area contributed by atoms with E-state index < -0.39 is 24.5 Å². The SMILES string of the molecule is CCCCc1ccc(NC(=O)NCCC[C@H](CNCc2cc(Cl)cc(Cl)c2)C[C@H]2O[C@@H](n3cnc4c(N)ncnc43)[C@@H](O)C2O)cc1. The number of nitrogens with one attached hydrogen (secondary N) is 3. The zero-order chi connectivity index (χ0) is 33.3. The summed E-state index contributed by atoms with van der Waals surface area (Å²) in [6.07, 6.45) is 4.07. The smallest absolute Gasteiger partial charge is 0.319 e. The Kier molecular flexibility index (Phi) is 12.2. The number of fused-ring (bicyclic) bond motifs is 1. The van der Waals surface area contributed by atoms with Crippen LogP contribution in [-0.2, 0) is 17.7 Å². The van der Waals surface area contributed by atoms with E-state index in [1.54, 1.807) is 10.6 Å². The number of benzene rings is 2. The summed E-state index contributed by atoms with van der Waals surface area (Å²) in [5, 5.41) is 32.4. The van der Waals surface area contributed by atoms with Gasteiger partial charge in [0, 0.05) is 28.8 Å². The molecule has 7 N–H and O–H groups in total. The summed E-state index contributed by atoms with van der Waals surface area (Å²) in [7, 11) is 0. The van der Waals surface area contributed by atoms with Crippen molar-refractivity contribution in [2.45, 2.75) is 76.5 Å². The van der Waals surface area contributed by atoms with Gasteiger partial charge >= 0.3 is 6.03 Å². The third-order valence-corrected chi connectivity index (χ3v) is 8.79. The summed E-state index contributed by atoms with van der Waals surface area (Å²) >= 11 is 12.4. The number of hydrogen-bond donors (Lipinski definition) is 6. The maximum absolute atomic E-state index is 12.6. The molecule has 12 nitrogen and oxygen atoms in total. The summed E-state index contributed by atoms with van der Waals surface area (Å²) in [6.45, 7) is 3.75. The molecule has 2 amide bonds. The van der Waals surface area contributed by atoms with Crippen LogP contribution in [0, 0.1) is 5.92 Å². The molecular formula is C33H42Cl2N8O4. The summed E-state index contributed by atoms with van der Waals surface area (Å²) in [5.41, 5.74) is 9.67. The number of nitrogen functional groups attached to an aromatic ring is 1. The monoisotopic (exact) mass is 684 g/mol. The zero-order valence-electron chi connectivity index (χ0n) is 26.3. The highest BCUT2D eigenvalue weighted by atomic mass is 35.5. The molecule has 252 valence electrons. The molecule has 5 atom stereocenters. The molecule has 1 aliphatic heterocycles. The lowest BCUT2D eigenvalue weighted by Crippen LogP contribution is -2.35. The van der Waals surface area contributed by atoms with Crippen LogP contribution in [0.1, 0.15) is 56.4 Å². The quantitative estimate of drug-likeness (QED) is 0.0934. The highest BCUT2D eigenvalue weighted by Crippen LogP contribution is 2.35. The first-order valence-electron chi connectivity index (χ1n) is 16.0. The summed E-state index contributed by atoms with van der Waals surface area (Å²) < 4.78 is 7.79. The summed E-state index contributed by atoms with van der Waals surface area (Å²) in [6, 6.07) is 13.0. The summed E-state index contributed by atoms with van der Waals surface area (Å²) in [4.78, 5) is 25.0. The first kappa shape index (κ1) is 34.8. The Hall–Kier alpha value is -3.52. The van der Waals surface area contributed by atoms with Crippen LogP contribution < -0.4 is 21.7 Å². The van der Waals surface area contributed by atoms with Gasteiger partial charge < -0.3 is 36.6 Å². The third kappa shape index (κ3) is 9.31. The average Bonchev–Trinajstić information content (AvgIpc) is 3.59. The van der Waals surface area contributed by atoms with Crippen LogP contribution in [-0.4, -0.2) is 67.2 Å². The van der Waals surface area contributed by atoms with Crippen LogP contribution in [0.3, 0.4) is 0 Å². The van der Waals surface area contributed by atoms with Crippen molar-refractivity contribution in [2.75, 3.05) is 24.1 Å². The van der Waals surface area contributed by atoms with E-state index in [1.807, 2.05) is 36.4 Å². The number of halogens is 2. The first-order valence-corrected chi connectivity index (χ1v) is 16.7. The average molecular weight is 686 g/mol. The molecule has 0 bridgehead atoms. The Morgan fingerprint density at radius 2 is 1.81 bits per heavy atom. The van der Waals surface area contributed by atoms with Crippen molar-refractivity contribution >= 4 is 51.9 Å². The van der Waals surface area contributed by atoms with E-state index in [0.717, 1.165) is 36.9 Å². The van der Waals surface area contributed by atoms with Crippen LogP contribution >= 0.6 is 23.2 Å². The number of urea groups is 1. The normalized spacial score (nSPS) is 20.0. The van der Waals surface area contributed by atoms with Gasteiger partial charge in [-0.3, -0.25) is 4.57 Å². The van der Waals surface area contributed by atoms with Crippen molar-refractivity contribution in [2.24, 2.45) is 5.92 Å². The van der Waals surface area contributed by atoms with Gasteiger partial charge in [-0.05, 0) is 86.0 Å². The van der Waals surface area contributed by atoms with E-state index in [4.69, 9.17) is 33.7 Å². The number of carbonyl (C=O) groups is 1. The molecular weight excluding hydrogens is 643 g/mol. The molecule has 2 aromatic carbocycles. The second kappa shape index (κ2) is 16.5. The highest BCUT2D eigenvalue weighted by molar-refractivity contribution is 6.34. The lowest BCUT2D eigenvalue weighted by Gasteiger charge is -2.23. The number of anilines is 2. The van der Waals surface area contributed by atoms with Gasteiger partial charge in [0.15, 0.2) is 17.7 Å². The Balaban J connectivity index is 1.17. The lowest BCUT2D eigenvalue weighted by molar-refractivity contribution is -0.0416. The molecule has 0 spiro atoms. The minimum absolute atomic E-state index is 0.0354. The van der Waals surface area contributed by atoms with Gasteiger partial charge in [0.05, 0.1) is 12.4 Å². The van der Waals surface area contributed by atoms with Crippen LogP contribution in [0.4, 0.5) is 16.3 Å². The predicted molar refractivity (Wildman–Crippen MR) is 183 cm³/mol. The molecule has 14 heteroatoms. The molecule has 1 saturated heterocycles. The van der Waals surface area contributed by atoms with Crippen molar-refractivity contribution in [3.05, 3.63) is 76.3 Å². The van der Waals surface area contributed by atoms with E-state index in [2.05, 4.69) is 37.8 Å². The van der Waals surface area contributed by atoms with E-state index in [9.17, 15) is 15.0 Å². The fraction of sp³-hybridized carbons (Fsp3) is 0.455. The molecule has 5 rings (SSSR count). The van der Waals surface area contributed by atoms with Crippen molar-refractivity contribution in [1.82, 2.24) is 30.2 Å². The first-order chi connectivity index (χ1) is 22.7. The fourth-order valence-corrected chi connectivity index (χ4v) is 6.45. The maximum atomic E-state index is 12.6. The second-order valence-electron chi connectivity index (χ2n) is 12.0. The molecule has 2 aromatic heterocycles. The van der Waals surface area contributed by atoms with Gasteiger partial charge in [-0.2, -0.15) is 0 Å². The van der Waals surface area contributed by atoms with E-state index in [-0.39, 0.29) is 17.8 Å². The predicted octanol–water partition coefficient (Wildman–Crippen LogP) is 5.08. The highest BCUT2D eigenvalue weighted by Gasteiger charge is 2.44. The number of aliphatic hydroxyl groups excluding tert-OH is 2. The van der Waals surface area contributed by atoms with E-state index in [0.29, 0.717) is 53.7 Å². The van der Waals surface area contributed by atoms with Gasteiger partial charge in [-0.1, -0.05) is 48.7 Å². The number of nitrogens with two attached hydrogens (primary N) is 1. The Bertz CT molecular complexity index is 1600. The number of unbranched alkanes of at least 4 members (excludes halogenated alkanes) is 1. The molecule has 0 saturated carbocycles. The van der Waals surface area contributed by atoms with Crippen molar-refractivity contribution < 1.29 is 19.7 Å². The largest absolute Gasteiger partial charge is 0.388 e. The van der Waals surface area contributed by atoms with Gasteiger partial charge in [0.25, 0.3) is 0 Å². The molecule has 3 heterocycles. The number of aromatic nitrogens is 4. The molecule has 0 aliphatic carbocycles. The minimum Gasteiger partial charge on any atom is -0.388 e. The van der Waals surface area contributed by atoms with Gasteiger partial charge in [0.2, 0.25) is 0 Å². The van der Waals surface area contributed by atoms with Crippen molar-refractivity contribution in [3.63, 3.8) is 0 Å². The molecule has 1 aliphatic rings. The van der Waals surface area contributed by atoms with Crippen LogP contribution in [0.5, 0.6) is 0 Å². The standard InChI is InChI=1S/C33H42Cl2N8O4/c1-2-3-5-20-7-9-25(10-8-20)42-33(46)38-11-4-6-21(16-37-17-22-12-23(34)15-24(35)13-22)14-26-28(44)29(45)32(47-26)43-19-41-27-30(36)39-18-40-31(27)43/h7-10,12-13,15,18-19,21,26,28-29,32,37,44-45H,2-6,11,14,16-17H2,1H3,(H2,36,39,40)(H2,38,42,46)/t21-,26+,28?,29-,32+/m0/s1. The number of carbonyl (C=O) groups excluding carboxylic acids is 1. The van der Waals surface area contributed by atoms with Crippen molar-refractivity contribution in [3.8, 4) is 0 Å². The number of imidazole rings is 1. The van der Waals surface area contributed by atoms with E-state index >= 15 is 0 Å².